The van der Waals surface area contributed by atoms with Gasteiger partial charge in [0.2, 0.25) is 0 Å². The monoisotopic (exact) mass is 271 g/mol. The Bertz CT molecular complexity index is 606. The normalized spacial score (nSPS) is 14.6. The lowest BCUT2D eigenvalue weighted by molar-refractivity contribution is 0.482. The minimum absolute atomic E-state index is 0.458. The summed E-state index contributed by atoms with van der Waals surface area (Å²) in [5.41, 5.74) is 9.45. The fourth-order valence-electron chi connectivity index (χ4n) is 2.78. The molecule has 1 aromatic carbocycles. The van der Waals surface area contributed by atoms with Crippen molar-refractivity contribution in [3.05, 3.63) is 47.4 Å². The maximum Gasteiger partial charge on any atom is 0.118 e. The van der Waals surface area contributed by atoms with Crippen LogP contribution in [0.2, 0.25) is 0 Å². The van der Waals surface area contributed by atoms with Gasteiger partial charge < -0.3 is 20.0 Å². The molecule has 0 unspecified atom stereocenters. The predicted octanol–water partition coefficient (Wildman–Crippen LogP) is 2.50. The highest BCUT2D eigenvalue weighted by molar-refractivity contribution is 5.73. The first-order valence-corrected chi connectivity index (χ1v) is 7.02. The van der Waals surface area contributed by atoms with Crippen molar-refractivity contribution in [1.29, 1.82) is 0 Å². The molecule has 4 heteroatoms. The van der Waals surface area contributed by atoms with Crippen molar-refractivity contribution in [2.45, 2.75) is 20.0 Å². The number of anilines is 2. The zero-order chi connectivity index (χ0) is 14.1. The summed E-state index contributed by atoms with van der Waals surface area (Å²) in [6.45, 7) is 5.41. The van der Waals surface area contributed by atoms with Gasteiger partial charge in [-0.15, -0.1) is 0 Å². The first-order chi connectivity index (χ1) is 9.69. The van der Waals surface area contributed by atoms with E-state index < -0.39 is 0 Å². The van der Waals surface area contributed by atoms with Gasteiger partial charge >= 0.3 is 0 Å². The van der Waals surface area contributed by atoms with Crippen LogP contribution in [0.4, 0.5) is 11.4 Å². The number of furan rings is 1. The van der Waals surface area contributed by atoms with Gasteiger partial charge in [-0.3, -0.25) is 0 Å². The maximum absolute atomic E-state index is 5.65. The van der Waals surface area contributed by atoms with E-state index in [4.69, 9.17) is 10.2 Å². The number of hydrogen-bond donors (Lipinski definition) is 1. The zero-order valence-corrected chi connectivity index (χ0v) is 12.1. The molecule has 0 bridgehead atoms. The van der Waals surface area contributed by atoms with E-state index in [1.54, 1.807) is 0 Å². The lowest BCUT2D eigenvalue weighted by atomic mass is 10.1. The topological polar surface area (TPSA) is 45.6 Å². The Balaban J connectivity index is 1.88. The molecule has 0 radical (unpaired) electrons. The molecule has 2 N–H and O–H groups in total. The molecule has 1 aliphatic heterocycles. The van der Waals surface area contributed by atoms with Gasteiger partial charge in [0.25, 0.3) is 0 Å². The SMILES string of the molecule is Cc1oc(CN)cc1CN1CCN(C)c2ccccc21. The zero-order valence-electron chi connectivity index (χ0n) is 12.1. The van der Waals surface area contributed by atoms with Crippen LogP contribution in [-0.4, -0.2) is 20.1 Å². The van der Waals surface area contributed by atoms with Crippen molar-refractivity contribution < 1.29 is 4.42 Å². The van der Waals surface area contributed by atoms with Gasteiger partial charge in [0.15, 0.2) is 0 Å². The Kier molecular flexibility index (Phi) is 3.40. The Morgan fingerprint density at radius 3 is 2.65 bits per heavy atom. The molecule has 0 aliphatic carbocycles. The van der Waals surface area contributed by atoms with Gasteiger partial charge in [-0.05, 0) is 25.1 Å². The first-order valence-electron chi connectivity index (χ1n) is 7.02. The van der Waals surface area contributed by atoms with Crippen molar-refractivity contribution in [1.82, 2.24) is 0 Å². The summed E-state index contributed by atoms with van der Waals surface area (Å²) in [4.78, 5) is 4.72. The van der Waals surface area contributed by atoms with Gasteiger partial charge in [-0.25, -0.2) is 0 Å². The summed E-state index contributed by atoms with van der Waals surface area (Å²) in [6, 6.07) is 10.6. The van der Waals surface area contributed by atoms with Crippen LogP contribution >= 0.6 is 0 Å². The number of likely N-dealkylation sites (N-methyl/N-ethyl adjacent to an activating group) is 1. The Morgan fingerprint density at radius 2 is 1.95 bits per heavy atom. The molecule has 0 saturated carbocycles. The standard InChI is InChI=1S/C16H21N3O/c1-12-13(9-14(10-17)20-12)11-19-8-7-18(2)15-5-3-4-6-16(15)19/h3-6,9H,7-8,10-11,17H2,1-2H3. The van der Waals surface area contributed by atoms with Crippen molar-refractivity contribution in [2.75, 3.05) is 29.9 Å². The van der Waals surface area contributed by atoms with Crippen molar-refractivity contribution in [2.24, 2.45) is 5.73 Å². The number of nitrogens with zero attached hydrogens (tertiary/aromatic N) is 2. The molecule has 0 fully saturated rings. The molecular formula is C16H21N3O. The van der Waals surface area contributed by atoms with Gasteiger partial charge in [0, 0.05) is 32.2 Å². The van der Waals surface area contributed by atoms with Gasteiger partial charge in [-0.1, -0.05) is 12.1 Å². The van der Waals surface area contributed by atoms with Crippen LogP contribution < -0.4 is 15.5 Å². The summed E-state index contributed by atoms with van der Waals surface area (Å²) in [7, 11) is 2.14. The number of aryl methyl sites for hydroxylation is 1. The largest absolute Gasteiger partial charge is 0.465 e. The van der Waals surface area contributed by atoms with E-state index in [0.717, 1.165) is 31.2 Å². The number of nitrogens with two attached hydrogens (primary N) is 1. The third kappa shape index (κ3) is 2.27. The van der Waals surface area contributed by atoms with Crippen molar-refractivity contribution in [3.63, 3.8) is 0 Å². The minimum Gasteiger partial charge on any atom is -0.465 e. The summed E-state index contributed by atoms with van der Waals surface area (Å²) >= 11 is 0. The van der Waals surface area contributed by atoms with Gasteiger partial charge in [-0.2, -0.15) is 0 Å². The lowest BCUT2D eigenvalue weighted by Gasteiger charge is -2.36. The molecule has 2 aromatic rings. The van der Waals surface area contributed by atoms with Crippen LogP contribution in [0, 0.1) is 6.92 Å². The highest BCUT2D eigenvalue weighted by atomic mass is 16.3. The van der Waals surface area contributed by atoms with Crippen LogP contribution in [0.15, 0.2) is 34.7 Å². The molecule has 0 amide bonds. The molecule has 0 saturated heterocycles. The molecule has 1 aromatic heterocycles. The van der Waals surface area contributed by atoms with Crippen LogP contribution in [0.3, 0.4) is 0 Å². The number of rotatable bonds is 3. The third-order valence-corrected chi connectivity index (χ3v) is 3.97. The molecule has 4 nitrogen and oxygen atoms in total. The molecule has 2 heterocycles. The molecule has 106 valence electrons. The summed E-state index contributed by atoms with van der Waals surface area (Å²) < 4.78 is 5.65. The highest BCUT2D eigenvalue weighted by Crippen LogP contribution is 2.33. The third-order valence-electron chi connectivity index (χ3n) is 3.97. The van der Waals surface area contributed by atoms with E-state index >= 15 is 0 Å². The second kappa shape index (κ2) is 5.21. The Morgan fingerprint density at radius 1 is 1.20 bits per heavy atom. The first kappa shape index (κ1) is 13.1. The highest BCUT2D eigenvalue weighted by Gasteiger charge is 2.21. The Hall–Kier alpha value is -1.94. The van der Waals surface area contributed by atoms with Crippen LogP contribution in [-0.2, 0) is 13.1 Å². The average Bonchev–Trinajstić information content (AvgIpc) is 2.83. The molecule has 0 atom stereocenters. The fraction of sp³-hybridized carbons (Fsp3) is 0.375. The molecule has 20 heavy (non-hydrogen) atoms. The smallest absolute Gasteiger partial charge is 0.118 e. The molecule has 1 aliphatic rings. The van der Waals surface area contributed by atoms with Crippen LogP contribution in [0.1, 0.15) is 17.1 Å². The van der Waals surface area contributed by atoms with E-state index in [-0.39, 0.29) is 0 Å². The van der Waals surface area contributed by atoms with Crippen LogP contribution in [0.5, 0.6) is 0 Å². The van der Waals surface area contributed by atoms with Crippen LogP contribution in [0.25, 0.3) is 0 Å². The second-order valence-corrected chi connectivity index (χ2v) is 5.33. The van der Waals surface area contributed by atoms with Crippen molar-refractivity contribution >= 4 is 11.4 Å². The van der Waals surface area contributed by atoms with E-state index in [1.807, 2.05) is 6.92 Å². The summed E-state index contributed by atoms with van der Waals surface area (Å²) in [6.07, 6.45) is 0. The molecule has 0 spiro atoms. The van der Waals surface area contributed by atoms with Crippen molar-refractivity contribution in [3.8, 4) is 0 Å². The number of para-hydroxylation sites is 2. The fourth-order valence-corrected chi connectivity index (χ4v) is 2.78. The minimum atomic E-state index is 0.458. The molecule has 3 rings (SSSR count). The second-order valence-electron chi connectivity index (χ2n) is 5.33. The number of fused-ring (bicyclic) bond motifs is 1. The van der Waals surface area contributed by atoms with E-state index in [2.05, 4.69) is 47.2 Å². The molecular weight excluding hydrogens is 250 g/mol. The quantitative estimate of drug-likeness (QED) is 0.931. The summed E-state index contributed by atoms with van der Waals surface area (Å²) in [5.74, 6) is 1.83. The number of hydrogen-bond acceptors (Lipinski definition) is 4. The number of benzene rings is 1. The van der Waals surface area contributed by atoms with E-state index in [0.29, 0.717) is 6.54 Å². The maximum atomic E-state index is 5.65. The van der Waals surface area contributed by atoms with Gasteiger partial charge in [0.1, 0.15) is 11.5 Å². The van der Waals surface area contributed by atoms with E-state index in [1.165, 1.54) is 16.9 Å². The Labute approximate surface area is 119 Å². The van der Waals surface area contributed by atoms with E-state index in [9.17, 15) is 0 Å². The summed E-state index contributed by atoms with van der Waals surface area (Å²) in [5, 5.41) is 0. The lowest BCUT2D eigenvalue weighted by Crippen LogP contribution is -2.38. The average molecular weight is 271 g/mol. The predicted molar refractivity (Wildman–Crippen MR) is 82.1 cm³/mol. The van der Waals surface area contributed by atoms with Gasteiger partial charge in [0.05, 0.1) is 17.9 Å².